The molecule has 0 bridgehead atoms. The highest BCUT2D eigenvalue weighted by molar-refractivity contribution is 5.69. The molecule has 1 aromatic carbocycles. The average Bonchev–Trinajstić information content (AvgIpc) is 3.17. The van der Waals surface area contributed by atoms with Crippen LogP contribution in [0.4, 0.5) is 5.82 Å². The van der Waals surface area contributed by atoms with Crippen LogP contribution in [0.5, 0.6) is 11.5 Å². The summed E-state index contributed by atoms with van der Waals surface area (Å²) in [4.78, 5) is 8.87. The predicted octanol–water partition coefficient (Wildman–Crippen LogP) is 4.03. The molecule has 26 heavy (non-hydrogen) atoms. The van der Waals surface area contributed by atoms with Crippen molar-refractivity contribution in [2.24, 2.45) is 0 Å². The van der Waals surface area contributed by atoms with E-state index < -0.39 is 0 Å². The van der Waals surface area contributed by atoms with Gasteiger partial charge in [0, 0.05) is 12.2 Å². The molecule has 0 saturated heterocycles. The highest BCUT2D eigenvalue weighted by Crippen LogP contribution is 2.37. The van der Waals surface area contributed by atoms with Crippen molar-refractivity contribution in [1.82, 2.24) is 15.1 Å². The van der Waals surface area contributed by atoms with Gasteiger partial charge in [-0.15, -0.1) is 0 Å². The summed E-state index contributed by atoms with van der Waals surface area (Å²) in [6, 6.07) is 9.69. The molecule has 0 spiro atoms. The highest BCUT2D eigenvalue weighted by Gasteiger charge is 2.17. The van der Waals surface area contributed by atoms with Crippen LogP contribution >= 0.6 is 0 Å². The number of pyridine rings is 1. The van der Waals surface area contributed by atoms with Crippen LogP contribution in [0.25, 0.3) is 22.8 Å². The standard InChI is InChI=1S/C19H22N4O3/c1-5-12(2)21-16-10-9-13(11-20-16)19-22-18(23-26-19)14-7-6-8-15(24-3)17(14)25-4/h6-12H,5H2,1-4H3,(H,20,21). The summed E-state index contributed by atoms with van der Waals surface area (Å²) in [6.45, 7) is 4.24. The smallest absolute Gasteiger partial charge is 0.259 e. The van der Waals surface area contributed by atoms with Crippen molar-refractivity contribution < 1.29 is 14.0 Å². The molecule has 2 aromatic heterocycles. The number of nitrogens with one attached hydrogen (secondary N) is 1. The number of hydrogen-bond acceptors (Lipinski definition) is 7. The minimum atomic E-state index is 0.365. The third kappa shape index (κ3) is 3.61. The van der Waals surface area contributed by atoms with E-state index in [0.717, 1.165) is 17.8 Å². The average molecular weight is 354 g/mol. The molecule has 1 atom stereocenters. The molecule has 0 amide bonds. The fraction of sp³-hybridized carbons (Fsp3) is 0.316. The van der Waals surface area contributed by atoms with E-state index in [0.29, 0.717) is 34.8 Å². The first-order valence-corrected chi connectivity index (χ1v) is 8.44. The first kappa shape index (κ1) is 17.7. The van der Waals surface area contributed by atoms with Gasteiger partial charge in [0.05, 0.1) is 25.3 Å². The number of rotatable bonds is 7. The van der Waals surface area contributed by atoms with E-state index in [9.17, 15) is 0 Å². The largest absolute Gasteiger partial charge is 0.493 e. The molecule has 3 aromatic rings. The Hall–Kier alpha value is -3.09. The van der Waals surface area contributed by atoms with Crippen LogP contribution < -0.4 is 14.8 Å². The molecule has 7 nitrogen and oxygen atoms in total. The van der Waals surface area contributed by atoms with Crippen molar-refractivity contribution in [2.75, 3.05) is 19.5 Å². The summed E-state index contributed by atoms with van der Waals surface area (Å²) in [7, 11) is 3.17. The summed E-state index contributed by atoms with van der Waals surface area (Å²) in [6.07, 6.45) is 2.74. The number of ether oxygens (including phenoxy) is 2. The van der Waals surface area contributed by atoms with Crippen LogP contribution in [0, 0.1) is 0 Å². The van der Waals surface area contributed by atoms with Gasteiger partial charge in [0.25, 0.3) is 5.89 Å². The molecule has 0 aliphatic heterocycles. The summed E-state index contributed by atoms with van der Waals surface area (Å²) in [5, 5.41) is 7.39. The van der Waals surface area contributed by atoms with Crippen molar-refractivity contribution in [3.63, 3.8) is 0 Å². The second-order valence-corrected chi connectivity index (χ2v) is 5.85. The lowest BCUT2D eigenvalue weighted by molar-refractivity contribution is 0.355. The van der Waals surface area contributed by atoms with Crippen LogP contribution in [-0.4, -0.2) is 35.4 Å². The van der Waals surface area contributed by atoms with Gasteiger partial charge in [-0.25, -0.2) is 4.98 Å². The van der Waals surface area contributed by atoms with E-state index in [1.54, 1.807) is 20.4 Å². The molecule has 3 rings (SSSR count). The van der Waals surface area contributed by atoms with Crippen molar-refractivity contribution in [3.8, 4) is 34.3 Å². The minimum Gasteiger partial charge on any atom is -0.493 e. The Morgan fingerprint density at radius 2 is 2.00 bits per heavy atom. The number of anilines is 1. The molecule has 7 heteroatoms. The number of benzene rings is 1. The van der Waals surface area contributed by atoms with E-state index >= 15 is 0 Å². The van der Waals surface area contributed by atoms with E-state index in [2.05, 4.69) is 34.3 Å². The van der Waals surface area contributed by atoms with Crippen LogP contribution in [0.1, 0.15) is 20.3 Å². The third-order valence-corrected chi connectivity index (χ3v) is 4.09. The van der Waals surface area contributed by atoms with E-state index in [-0.39, 0.29) is 0 Å². The van der Waals surface area contributed by atoms with E-state index in [4.69, 9.17) is 14.0 Å². The van der Waals surface area contributed by atoms with Gasteiger partial charge in [-0.1, -0.05) is 18.1 Å². The lowest BCUT2D eigenvalue weighted by atomic mass is 10.1. The Bertz CT molecular complexity index is 861. The van der Waals surface area contributed by atoms with Crippen LogP contribution in [0.15, 0.2) is 41.1 Å². The Morgan fingerprint density at radius 1 is 1.15 bits per heavy atom. The molecule has 0 aliphatic rings. The molecule has 0 radical (unpaired) electrons. The van der Waals surface area contributed by atoms with Crippen LogP contribution in [-0.2, 0) is 0 Å². The Morgan fingerprint density at radius 3 is 2.65 bits per heavy atom. The van der Waals surface area contributed by atoms with Crippen molar-refractivity contribution >= 4 is 5.82 Å². The van der Waals surface area contributed by atoms with Crippen molar-refractivity contribution in [3.05, 3.63) is 36.5 Å². The molecular formula is C19H22N4O3. The highest BCUT2D eigenvalue weighted by atomic mass is 16.5. The van der Waals surface area contributed by atoms with Gasteiger partial charge in [-0.3, -0.25) is 0 Å². The lowest BCUT2D eigenvalue weighted by Gasteiger charge is -2.11. The van der Waals surface area contributed by atoms with Gasteiger partial charge in [0.15, 0.2) is 11.5 Å². The number of hydrogen-bond donors (Lipinski definition) is 1. The lowest BCUT2D eigenvalue weighted by Crippen LogP contribution is -2.14. The second kappa shape index (κ2) is 7.86. The van der Waals surface area contributed by atoms with E-state index in [1.807, 2.05) is 30.3 Å². The topological polar surface area (TPSA) is 82.3 Å². The quantitative estimate of drug-likeness (QED) is 0.686. The van der Waals surface area contributed by atoms with Gasteiger partial charge in [0.2, 0.25) is 5.82 Å². The zero-order valence-electron chi connectivity index (χ0n) is 15.3. The first-order valence-electron chi connectivity index (χ1n) is 8.44. The van der Waals surface area contributed by atoms with Gasteiger partial charge < -0.3 is 19.3 Å². The molecule has 0 fully saturated rings. The summed E-state index contributed by atoms with van der Waals surface area (Å²) in [5.41, 5.74) is 1.45. The maximum absolute atomic E-state index is 5.43. The van der Waals surface area contributed by atoms with Gasteiger partial charge >= 0.3 is 0 Å². The number of methoxy groups -OCH3 is 2. The van der Waals surface area contributed by atoms with E-state index in [1.165, 1.54) is 0 Å². The molecule has 1 N–H and O–H groups in total. The molecule has 2 heterocycles. The van der Waals surface area contributed by atoms with Crippen molar-refractivity contribution in [1.29, 1.82) is 0 Å². The number of para-hydroxylation sites is 1. The van der Waals surface area contributed by atoms with Crippen molar-refractivity contribution in [2.45, 2.75) is 26.3 Å². The Balaban J connectivity index is 1.87. The number of nitrogens with zero attached hydrogens (tertiary/aromatic N) is 3. The molecule has 0 saturated carbocycles. The molecule has 1 unspecified atom stereocenters. The van der Waals surface area contributed by atoms with Gasteiger partial charge in [0.1, 0.15) is 5.82 Å². The fourth-order valence-electron chi connectivity index (χ4n) is 2.47. The SMILES string of the molecule is CCC(C)Nc1ccc(-c2nc(-c3cccc(OC)c3OC)no2)cn1. The Labute approximate surface area is 152 Å². The normalized spacial score (nSPS) is 11.8. The van der Waals surface area contributed by atoms with Gasteiger partial charge in [-0.2, -0.15) is 4.98 Å². The predicted molar refractivity (Wildman–Crippen MR) is 99.4 cm³/mol. The summed E-state index contributed by atoms with van der Waals surface area (Å²) < 4.78 is 16.2. The Kier molecular flexibility index (Phi) is 5.36. The zero-order valence-corrected chi connectivity index (χ0v) is 15.3. The first-order chi connectivity index (χ1) is 12.7. The molecular weight excluding hydrogens is 332 g/mol. The van der Waals surface area contributed by atoms with Crippen LogP contribution in [0.2, 0.25) is 0 Å². The summed E-state index contributed by atoms with van der Waals surface area (Å²) >= 11 is 0. The zero-order chi connectivity index (χ0) is 18.5. The number of aromatic nitrogens is 3. The maximum Gasteiger partial charge on any atom is 0.259 e. The second-order valence-electron chi connectivity index (χ2n) is 5.85. The minimum absolute atomic E-state index is 0.365. The van der Waals surface area contributed by atoms with Gasteiger partial charge in [-0.05, 0) is 37.6 Å². The monoisotopic (exact) mass is 354 g/mol. The molecule has 136 valence electrons. The molecule has 0 aliphatic carbocycles. The van der Waals surface area contributed by atoms with Crippen LogP contribution in [0.3, 0.4) is 0 Å². The summed E-state index contributed by atoms with van der Waals surface area (Å²) in [5.74, 6) is 2.81. The third-order valence-electron chi connectivity index (χ3n) is 4.09. The maximum atomic E-state index is 5.43. The fourth-order valence-corrected chi connectivity index (χ4v) is 2.47.